The molecule has 1 aromatic carbocycles. The van der Waals surface area contributed by atoms with E-state index in [1.807, 2.05) is 14.0 Å². The third-order valence-corrected chi connectivity index (χ3v) is 6.62. The number of nitrogens with zero attached hydrogens (tertiary/aromatic N) is 1. The molecule has 1 heterocycles. The SMILES string of the molecule is CNCC1CCN(S(=O)(=O)c2ccc(Br)c(C)c2)CC1.Cl. The zero-order valence-electron chi connectivity index (χ0n) is 12.3. The Balaban J connectivity index is 0.00000220. The molecule has 1 aliphatic rings. The molecule has 0 bridgehead atoms. The lowest BCUT2D eigenvalue weighted by atomic mass is 9.98. The Kier molecular flexibility index (Phi) is 7.13. The molecule has 7 heteroatoms. The first-order valence-electron chi connectivity index (χ1n) is 6.86. The molecule has 0 saturated carbocycles. The molecule has 0 amide bonds. The minimum Gasteiger partial charge on any atom is -0.319 e. The fourth-order valence-corrected chi connectivity index (χ4v) is 4.37. The lowest BCUT2D eigenvalue weighted by Crippen LogP contribution is -2.40. The fourth-order valence-electron chi connectivity index (χ4n) is 2.57. The van der Waals surface area contributed by atoms with E-state index in [4.69, 9.17) is 0 Å². The monoisotopic (exact) mass is 396 g/mol. The van der Waals surface area contributed by atoms with Gasteiger partial charge in [-0.05, 0) is 63.0 Å². The average Bonchev–Trinajstić information content (AvgIpc) is 2.43. The van der Waals surface area contributed by atoms with Crippen molar-refractivity contribution in [3.05, 3.63) is 28.2 Å². The predicted molar refractivity (Wildman–Crippen MR) is 91.5 cm³/mol. The summed E-state index contributed by atoms with van der Waals surface area (Å²) in [5.41, 5.74) is 0.941. The maximum Gasteiger partial charge on any atom is 0.243 e. The molecule has 1 aliphatic heterocycles. The number of hydrogen-bond donors (Lipinski definition) is 1. The third kappa shape index (κ3) is 4.42. The van der Waals surface area contributed by atoms with Gasteiger partial charge in [0.2, 0.25) is 10.0 Å². The number of rotatable bonds is 4. The smallest absolute Gasteiger partial charge is 0.243 e. The molecular formula is C14H22BrClN2O2S. The lowest BCUT2D eigenvalue weighted by Gasteiger charge is -2.31. The van der Waals surface area contributed by atoms with Crippen LogP contribution in [0.3, 0.4) is 0 Å². The van der Waals surface area contributed by atoms with E-state index in [0.29, 0.717) is 23.9 Å². The minimum atomic E-state index is -3.35. The second-order valence-corrected chi connectivity index (χ2v) is 8.11. The van der Waals surface area contributed by atoms with Gasteiger partial charge in [0, 0.05) is 17.6 Å². The van der Waals surface area contributed by atoms with E-state index < -0.39 is 10.0 Å². The molecule has 0 aromatic heterocycles. The van der Waals surface area contributed by atoms with Crippen LogP contribution in [-0.2, 0) is 10.0 Å². The molecule has 0 spiro atoms. The largest absolute Gasteiger partial charge is 0.319 e. The van der Waals surface area contributed by atoms with Crippen molar-refractivity contribution >= 4 is 38.4 Å². The Hall–Kier alpha value is -0.140. The highest BCUT2D eigenvalue weighted by atomic mass is 79.9. The summed E-state index contributed by atoms with van der Waals surface area (Å²) in [5.74, 6) is 0.582. The molecule has 0 unspecified atom stereocenters. The first-order valence-corrected chi connectivity index (χ1v) is 9.09. The van der Waals surface area contributed by atoms with Crippen molar-refractivity contribution in [1.29, 1.82) is 0 Å². The molecule has 1 aromatic rings. The van der Waals surface area contributed by atoms with E-state index in [2.05, 4.69) is 21.2 Å². The normalized spacial score (nSPS) is 17.5. The second kappa shape index (κ2) is 7.92. The third-order valence-electron chi connectivity index (χ3n) is 3.83. The molecule has 0 radical (unpaired) electrons. The number of benzene rings is 1. The maximum absolute atomic E-state index is 12.6. The van der Waals surface area contributed by atoms with Crippen molar-refractivity contribution in [3.63, 3.8) is 0 Å². The Morgan fingerprint density at radius 1 is 1.33 bits per heavy atom. The summed E-state index contributed by atoms with van der Waals surface area (Å²) in [5, 5.41) is 3.16. The van der Waals surface area contributed by atoms with Gasteiger partial charge >= 0.3 is 0 Å². The van der Waals surface area contributed by atoms with Gasteiger partial charge in [0.1, 0.15) is 0 Å². The summed E-state index contributed by atoms with van der Waals surface area (Å²) in [6.07, 6.45) is 1.85. The number of hydrogen-bond acceptors (Lipinski definition) is 3. The molecule has 1 N–H and O–H groups in total. The maximum atomic E-state index is 12.6. The van der Waals surface area contributed by atoms with Crippen molar-refractivity contribution in [2.24, 2.45) is 5.92 Å². The van der Waals surface area contributed by atoms with Crippen molar-refractivity contribution in [3.8, 4) is 0 Å². The summed E-state index contributed by atoms with van der Waals surface area (Å²) in [7, 11) is -1.41. The molecule has 0 atom stereocenters. The van der Waals surface area contributed by atoms with E-state index in [1.54, 1.807) is 22.5 Å². The predicted octanol–water partition coefficient (Wildman–Crippen LogP) is 2.80. The zero-order chi connectivity index (χ0) is 14.8. The van der Waals surface area contributed by atoms with E-state index in [0.717, 1.165) is 29.4 Å². The van der Waals surface area contributed by atoms with Crippen molar-refractivity contribution in [2.45, 2.75) is 24.7 Å². The molecule has 1 saturated heterocycles. The highest BCUT2D eigenvalue weighted by Gasteiger charge is 2.29. The van der Waals surface area contributed by atoms with Gasteiger partial charge in [-0.15, -0.1) is 12.4 Å². The van der Waals surface area contributed by atoms with Crippen LogP contribution in [0.5, 0.6) is 0 Å². The lowest BCUT2D eigenvalue weighted by molar-refractivity contribution is 0.270. The molecule has 120 valence electrons. The molecule has 21 heavy (non-hydrogen) atoms. The molecular weight excluding hydrogens is 376 g/mol. The van der Waals surface area contributed by atoms with Crippen LogP contribution in [0.25, 0.3) is 0 Å². The Morgan fingerprint density at radius 2 is 1.95 bits per heavy atom. The van der Waals surface area contributed by atoms with Crippen LogP contribution in [0.1, 0.15) is 18.4 Å². The van der Waals surface area contributed by atoms with Crippen LogP contribution in [0, 0.1) is 12.8 Å². The van der Waals surface area contributed by atoms with Crippen LogP contribution in [0.15, 0.2) is 27.6 Å². The van der Waals surface area contributed by atoms with Gasteiger partial charge in [-0.25, -0.2) is 8.42 Å². The van der Waals surface area contributed by atoms with Gasteiger partial charge in [-0.3, -0.25) is 0 Å². The van der Waals surface area contributed by atoms with Gasteiger partial charge in [0.25, 0.3) is 0 Å². The number of aryl methyl sites for hydroxylation is 1. The number of halogens is 2. The van der Waals surface area contributed by atoms with Gasteiger partial charge in [0.15, 0.2) is 0 Å². The summed E-state index contributed by atoms with van der Waals surface area (Å²) < 4.78 is 27.8. The van der Waals surface area contributed by atoms with Crippen molar-refractivity contribution < 1.29 is 8.42 Å². The second-order valence-electron chi connectivity index (χ2n) is 5.32. The first-order chi connectivity index (χ1) is 9.45. The van der Waals surface area contributed by atoms with E-state index in [-0.39, 0.29) is 12.4 Å². The Morgan fingerprint density at radius 3 is 2.48 bits per heavy atom. The summed E-state index contributed by atoms with van der Waals surface area (Å²) in [6, 6.07) is 5.21. The summed E-state index contributed by atoms with van der Waals surface area (Å²) >= 11 is 3.40. The Bertz CT molecular complexity index is 572. The van der Waals surface area contributed by atoms with E-state index >= 15 is 0 Å². The standard InChI is InChI=1S/C14H21BrN2O2S.ClH/c1-11-9-13(3-4-14(11)15)20(18,19)17-7-5-12(6-8-17)10-16-2;/h3-4,9,12,16H,5-8,10H2,1-2H3;1H. The van der Waals surface area contributed by atoms with Crippen LogP contribution >= 0.6 is 28.3 Å². The Labute approximate surface area is 141 Å². The number of nitrogens with one attached hydrogen (secondary N) is 1. The number of sulfonamides is 1. The topological polar surface area (TPSA) is 49.4 Å². The van der Waals surface area contributed by atoms with Crippen LogP contribution in [0.4, 0.5) is 0 Å². The summed E-state index contributed by atoms with van der Waals surface area (Å²) in [6.45, 7) is 4.10. The van der Waals surface area contributed by atoms with Crippen LogP contribution in [-0.4, -0.2) is 39.4 Å². The highest BCUT2D eigenvalue weighted by Crippen LogP contribution is 2.26. The molecule has 0 aliphatic carbocycles. The van der Waals surface area contributed by atoms with Crippen molar-refractivity contribution in [2.75, 3.05) is 26.7 Å². The molecule has 1 fully saturated rings. The van der Waals surface area contributed by atoms with Crippen molar-refractivity contribution in [1.82, 2.24) is 9.62 Å². The van der Waals surface area contributed by atoms with Crippen LogP contribution in [0.2, 0.25) is 0 Å². The summed E-state index contributed by atoms with van der Waals surface area (Å²) in [4.78, 5) is 0.394. The zero-order valence-corrected chi connectivity index (χ0v) is 15.5. The van der Waals surface area contributed by atoms with Gasteiger partial charge < -0.3 is 5.32 Å². The highest BCUT2D eigenvalue weighted by molar-refractivity contribution is 9.10. The van der Waals surface area contributed by atoms with Gasteiger partial charge in [-0.2, -0.15) is 4.31 Å². The van der Waals surface area contributed by atoms with E-state index in [9.17, 15) is 8.42 Å². The quantitative estimate of drug-likeness (QED) is 0.850. The van der Waals surface area contributed by atoms with E-state index in [1.165, 1.54) is 0 Å². The molecule has 2 rings (SSSR count). The minimum absolute atomic E-state index is 0. The molecule has 4 nitrogen and oxygen atoms in total. The van der Waals surface area contributed by atoms with Crippen LogP contribution < -0.4 is 5.32 Å². The number of piperidine rings is 1. The van der Waals surface area contributed by atoms with Gasteiger partial charge in [0.05, 0.1) is 4.90 Å². The first kappa shape index (κ1) is 18.9. The fraction of sp³-hybridized carbons (Fsp3) is 0.571. The van der Waals surface area contributed by atoms with Gasteiger partial charge in [-0.1, -0.05) is 15.9 Å². The average molecular weight is 398 g/mol.